The van der Waals surface area contributed by atoms with Gasteiger partial charge in [0.15, 0.2) is 0 Å². The van der Waals surface area contributed by atoms with Crippen molar-refractivity contribution in [1.29, 1.82) is 0 Å². The summed E-state index contributed by atoms with van der Waals surface area (Å²) in [7, 11) is 4.35. The van der Waals surface area contributed by atoms with Crippen LogP contribution in [0.25, 0.3) is 0 Å². The molecule has 0 amide bonds. The molecule has 1 aromatic carbocycles. The summed E-state index contributed by atoms with van der Waals surface area (Å²) in [5.41, 5.74) is 8.80. The molecule has 0 aromatic heterocycles. The lowest BCUT2D eigenvalue weighted by Gasteiger charge is -2.48. The van der Waals surface area contributed by atoms with E-state index in [1.807, 2.05) is 0 Å². The SMILES string of the molecule is CN(C)C1(c2ccccc2CN)CCC1. The fourth-order valence-corrected chi connectivity index (χ4v) is 2.62. The topological polar surface area (TPSA) is 29.3 Å². The van der Waals surface area contributed by atoms with Crippen molar-refractivity contribution in [3.05, 3.63) is 35.4 Å². The van der Waals surface area contributed by atoms with E-state index < -0.39 is 0 Å². The highest BCUT2D eigenvalue weighted by atomic mass is 15.2. The molecule has 0 atom stereocenters. The first-order valence-corrected chi connectivity index (χ1v) is 5.66. The zero-order chi connectivity index (χ0) is 10.9. The summed E-state index contributed by atoms with van der Waals surface area (Å²) in [6.45, 7) is 0.645. The van der Waals surface area contributed by atoms with Crippen LogP contribution in [0.3, 0.4) is 0 Å². The smallest absolute Gasteiger partial charge is 0.0458 e. The zero-order valence-corrected chi connectivity index (χ0v) is 9.66. The van der Waals surface area contributed by atoms with Gasteiger partial charge in [0.25, 0.3) is 0 Å². The van der Waals surface area contributed by atoms with E-state index in [-0.39, 0.29) is 5.54 Å². The van der Waals surface area contributed by atoms with E-state index in [0.29, 0.717) is 6.54 Å². The fourth-order valence-electron chi connectivity index (χ4n) is 2.62. The Kier molecular flexibility index (Phi) is 2.81. The third-order valence-corrected chi connectivity index (χ3v) is 3.78. The maximum Gasteiger partial charge on any atom is 0.0458 e. The van der Waals surface area contributed by atoms with Gasteiger partial charge in [-0.1, -0.05) is 24.3 Å². The quantitative estimate of drug-likeness (QED) is 0.817. The molecule has 0 radical (unpaired) electrons. The summed E-state index contributed by atoms with van der Waals surface area (Å²) in [5, 5.41) is 0. The summed E-state index contributed by atoms with van der Waals surface area (Å²) < 4.78 is 0. The average molecular weight is 204 g/mol. The summed E-state index contributed by atoms with van der Waals surface area (Å²) in [4.78, 5) is 2.35. The molecule has 1 saturated carbocycles. The molecule has 2 rings (SSSR count). The van der Waals surface area contributed by atoms with Crippen LogP contribution in [0.15, 0.2) is 24.3 Å². The van der Waals surface area contributed by atoms with Crippen molar-refractivity contribution in [1.82, 2.24) is 4.90 Å². The Morgan fingerprint density at radius 2 is 1.93 bits per heavy atom. The summed E-state index contributed by atoms with van der Waals surface area (Å²) in [6.07, 6.45) is 3.85. The Morgan fingerprint density at radius 3 is 2.40 bits per heavy atom. The molecule has 0 heterocycles. The van der Waals surface area contributed by atoms with Crippen LogP contribution in [0.4, 0.5) is 0 Å². The predicted molar refractivity (Wildman–Crippen MR) is 63.5 cm³/mol. The molecule has 0 unspecified atom stereocenters. The number of hydrogen-bond donors (Lipinski definition) is 1. The lowest BCUT2D eigenvalue weighted by molar-refractivity contribution is 0.0568. The second-order valence-corrected chi connectivity index (χ2v) is 4.64. The third-order valence-electron chi connectivity index (χ3n) is 3.78. The minimum Gasteiger partial charge on any atom is -0.326 e. The van der Waals surface area contributed by atoms with Crippen molar-refractivity contribution in [3.8, 4) is 0 Å². The molecular formula is C13H20N2. The van der Waals surface area contributed by atoms with Gasteiger partial charge in [0.1, 0.15) is 0 Å². The van der Waals surface area contributed by atoms with Gasteiger partial charge in [-0.15, -0.1) is 0 Å². The Labute approximate surface area is 92.1 Å². The van der Waals surface area contributed by atoms with Gasteiger partial charge in [0, 0.05) is 12.1 Å². The van der Waals surface area contributed by atoms with Crippen LogP contribution >= 0.6 is 0 Å². The van der Waals surface area contributed by atoms with E-state index in [0.717, 1.165) is 0 Å². The van der Waals surface area contributed by atoms with Crippen LogP contribution in [0.5, 0.6) is 0 Å². The summed E-state index contributed by atoms with van der Waals surface area (Å²) in [6, 6.07) is 8.59. The average Bonchev–Trinajstić information content (AvgIpc) is 2.16. The minimum absolute atomic E-state index is 0.260. The van der Waals surface area contributed by atoms with Crippen LogP contribution in [-0.4, -0.2) is 19.0 Å². The highest BCUT2D eigenvalue weighted by Gasteiger charge is 2.41. The Morgan fingerprint density at radius 1 is 1.27 bits per heavy atom. The van der Waals surface area contributed by atoms with Crippen molar-refractivity contribution in [3.63, 3.8) is 0 Å². The molecule has 0 saturated heterocycles. The van der Waals surface area contributed by atoms with E-state index in [2.05, 4.69) is 43.3 Å². The zero-order valence-electron chi connectivity index (χ0n) is 9.66. The molecule has 2 nitrogen and oxygen atoms in total. The van der Waals surface area contributed by atoms with E-state index >= 15 is 0 Å². The second kappa shape index (κ2) is 3.95. The maximum atomic E-state index is 5.81. The number of hydrogen-bond acceptors (Lipinski definition) is 2. The van der Waals surface area contributed by atoms with Crippen LogP contribution in [0, 0.1) is 0 Å². The molecule has 1 fully saturated rings. The predicted octanol–water partition coefficient (Wildman–Crippen LogP) is 2.09. The van der Waals surface area contributed by atoms with Crippen molar-refractivity contribution in [2.45, 2.75) is 31.3 Å². The number of nitrogens with two attached hydrogens (primary N) is 1. The first kappa shape index (κ1) is 10.7. The van der Waals surface area contributed by atoms with Crippen LogP contribution in [0.1, 0.15) is 30.4 Å². The van der Waals surface area contributed by atoms with Crippen molar-refractivity contribution >= 4 is 0 Å². The molecule has 15 heavy (non-hydrogen) atoms. The van der Waals surface area contributed by atoms with Gasteiger partial charge in [0.2, 0.25) is 0 Å². The van der Waals surface area contributed by atoms with Gasteiger partial charge < -0.3 is 5.73 Å². The van der Waals surface area contributed by atoms with Gasteiger partial charge >= 0.3 is 0 Å². The van der Waals surface area contributed by atoms with Gasteiger partial charge in [-0.3, -0.25) is 4.90 Å². The second-order valence-electron chi connectivity index (χ2n) is 4.64. The van der Waals surface area contributed by atoms with Crippen LogP contribution in [0.2, 0.25) is 0 Å². The van der Waals surface area contributed by atoms with Crippen molar-refractivity contribution < 1.29 is 0 Å². The summed E-state index contributed by atoms with van der Waals surface area (Å²) >= 11 is 0. The molecule has 0 spiro atoms. The Balaban J connectivity index is 2.42. The van der Waals surface area contributed by atoms with E-state index in [1.165, 1.54) is 30.4 Å². The molecule has 2 heteroatoms. The number of rotatable bonds is 3. The fraction of sp³-hybridized carbons (Fsp3) is 0.538. The number of nitrogens with zero attached hydrogens (tertiary/aromatic N) is 1. The Bertz CT molecular complexity index is 340. The molecule has 0 aliphatic heterocycles. The first-order valence-electron chi connectivity index (χ1n) is 5.66. The van der Waals surface area contributed by atoms with Gasteiger partial charge in [-0.2, -0.15) is 0 Å². The molecule has 82 valence electrons. The highest BCUT2D eigenvalue weighted by Crippen LogP contribution is 2.46. The maximum absolute atomic E-state index is 5.81. The molecule has 1 aliphatic carbocycles. The monoisotopic (exact) mass is 204 g/mol. The van der Waals surface area contributed by atoms with E-state index in [4.69, 9.17) is 5.73 Å². The van der Waals surface area contributed by atoms with Crippen molar-refractivity contribution in [2.24, 2.45) is 5.73 Å². The third kappa shape index (κ3) is 1.58. The molecule has 2 N–H and O–H groups in total. The van der Waals surface area contributed by atoms with Gasteiger partial charge in [-0.05, 0) is 44.5 Å². The minimum atomic E-state index is 0.260. The van der Waals surface area contributed by atoms with Crippen molar-refractivity contribution in [2.75, 3.05) is 14.1 Å². The lowest BCUT2D eigenvalue weighted by Crippen LogP contribution is -2.47. The van der Waals surface area contributed by atoms with Gasteiger partial charge in [-0.25, -0.2) is 0 Å². The number of benzene rings is 1. The lowest BCUT2D eigenvalue weighted by atomic mass is 9.69. The standard InChI is InChI=1S/C13H20N2/c1-15(2)13(8-5-9-13)12-7-4-3-6-11(12)10-14/h3-4,6-7H,5,8-10,14H2,1-2H3. The van der Waals surface area contributed by atoms with E-state index in [1.54, 1.807) is 0 Å². The Hall–Kier alpha value is -0.860. The molecule has 1 aromatic rings. The van der Waals surface area contributed by atoms with E-state index in [9.17, 15) is 0 Å². The van der Waals surface area contributed by atoms with Crippen LogP contribution < -0.4 is 5.73 Å². The highest BCUT2D eigenvalue weighted by molar-refractivity contribution is 5.35. The molecule has 0 bridgehead atoms. The molecule has 1 aliphatic rings. The largest absolute Gasteiger partial charge is 0.326 e. The van der Waals surface area contributed by atoms with Crippen LogP contribution in [-0.2, 0) is 12.1 Å². The normalized spacial score (nSPS) is 18.9. The molecular weight excluding hydrogens is 184 g/mol. The summed E-state index contributed by atoms with van der Waals surface area (Å²) in [5.74, 6) is 0. The first-order chi connectivity index (χ1) is 7.20. The van der Waals surface area contributed by atoms with Gasteiger partial charge in [0.05, 0.1) is 0 Å².